The quantitative estimate of drug-likeness (QED) is 0.186. The van der Waals surface area contributed by atoms with E-state index < -0.39 is 0 Å². The smallest absolute Gasteiger partial charge is 0.0674 e. The Morgan fingerprint density at radius 1 is 0.224 bits per heavy atom. The second-order valence-corrected chi connectivity index (χ2v) is 25.6. The Hall–Kier alpha value is -3.52. The fourth-order valence-corrected chi connectivity index (χ4v) is 7.84. The number of hydrazine groups is 1. The van der Waals surface area contributed by atoms with Crippen LogP contribution in [-0.2, 0) is 43.3 Å². The minimum atomic E-state index is -0.153. The Morgan fingerprint density at radius 3 is 0.500 bits per heavy atom. The molecule has 0 bridgehead atoms. The van der Waals surface area contributed by atoms with Crippen LogP contribution < -0.4 is 10.0 Å². The number of anilines is 4. The highest BCUT2D eigenvalue weighted by molar-refractivity contribution is 5.85. The van der Waals surface area contributed by atoms with Gasteiger partial charge in [0.1, 0.15) is 0 Å². The molecule has 0 aromatic heterocycles. The Labute approximate surface area is 358 Å². The van der Waals surface area contributed by atoms with E-state index in [1.165, 1.54) is 67.3 Å². The maximum absolute atomic E-state index is 2.63. The maximum Gasteiger partial charge on any atom is 0.0674 e. The van der Waals surface area contributed by atoms with Crippen LogP contribution in [0.5, 0.6) is 0 Å². The first-order valence-corrected chi connectivity index (χ1v) is 22.0. The summed E-state index contributed by atoms with van der Waals surface area (Å²) in [5.41, 5.74) is 14.9. The van der Waals surface area contributed by atoms with Crippen LogP contribution in [0.25, 0.3) is 0 Å². The molecule has 0 radical (unpaired) electrons. The molecule has 0 saturated carbocycles. The topological polar surface area (TPSA) is 6.48 Å². The van der Waals surface area contributed by atoms with Gasteiger partial charge in [-0.2, -0.15) is 0 Å². The highest BCUT2D eigenvalue weighted by Gasteiger charge is 2.38. The van der Waals surface area contributed by atoms with Crippen LogP contribution in [0.3, 0.4) is 0 Å². The van der Waals surface area contributed by atoms with Crippen molar-refractivity contribution >= 4 is 22.7 Å². The molecular weight excluding hydrogens is 701 g/mol. The minimum absolute atomic E-state index is 0.00163. The van der Waals surface area contributed by atoms with E-state index in [1.807, 2.05) is 0 Å². The average molecular weight is 785 g/mol. The number of benzene rings is 4. The van der Waals surface area contributed by atoms with Gasteiger partial charge in [0, 0.05) is 0 Å². The molecule has 0 fully saturated rings. The zero-order valence-corrected chi connectivity index (χ0v) is 41.8. The fourth-order valence-electron chi connectivity index (χ4n) is 7.84. The average Bonchev–Trinajstić information content (AvgIpc) is 3.03. The van der Waals surface area contributed by atoms with Crippen molar-refractivity contribution in [3.8, 4) is 0 Å². The highest BCUT2D eigenvalue weighted by atomic mass is 15.6. The summed E-state index contributed by atoms with van der Waals surface area (Å²) in [6, 6.07) is 29.3. The lowest BCUT2D eigenvalue weighted by molar-refractivity contribution is 0.558. The van der Waals surface area contributed by atoms with E-state index >= 15 is 0 Å². The first-order valence-electron chi connectivity index (χ1n) is 22.0. The van der Waals surface area contributed by atoms with Gasteiger partial charge in [-0.1, -0.05) is 215 Å². The van der Waals surface area contributed by atoms with E-state index in [9.17, 15) is 0 Å². The monoisotopic (exact) mass is 785 g/mol. The van der Waals surface area contributed by atoms with Crippen molar-refractivity contribution < 1.29 is 0 Å². The Morgan fingerprint density at radius 2 is 0.379 bits per heavy atom. The molecule has 2 heteroatoms. The van der Waals surface area contributed by atoms with Crippen molar-refractivity contribution in [2.75, 3.05) is 10.0 Å². The summed E-state index contributed by atoms with van der Waals surface area (Å²) in [4.78, 5) is 0. The van der Waals surface area contributed by atoms with E-state index in [0.29, 0.717) is 0 Å². The minimum Gasteiger partial charge on any atom is -0.248 e. The molecule has 0 heterocycles. The summed E-state index contributed by atoms with van der Waals surface area (Å²) in [6.45, 7) is 56.6. The van der Waals surface area contributed by atoms with E-state index in [0.717, 1.165) is 0 Å². The molecule has 0 saturated heterocycles. The molecule has 4 rings (SSSR count). The van der Waals surface area contributed by atoms with Crippen LogP contribution in [-0.4, -0.2) is 0 Å². The zero-order valence-electron chi connectivity index (χ0n) is 41.8. The van der Waals surface area contributed by atoms with E-state index in [4.69, 9.17) is 0 Å². The van der Waals surface area contributed by atoms with Gasteiger partial charge in [0.25, 0.3) is 0 Å². The van der Waals surface area contributed by atoms with Crippen LogP contribution >= 0.6 is 0 Å². The third-order valence-corrected chi connectivity index (χ3v) is 11.8. The van der Waals surface area contributed by atoms with Crippen LogP contribution in [0.1, 0.15) is 211 Å². The van der Waals surface area contributed by atoms with Gasteiger partial charge < -0.3 is 0 Å². The van der Waals surface area contributed by atoms with E-state index in [1.54, 1.807) is 0 Å². The van der Waals surface area contributed by atoms with E-state index in [-0.39, 0.29) is 43.3 Å². The summed E-state index contributed by atoms with van der Waals surface area (Å²) < 4.78 is 0. The summed E-state index contributed by atoms with van der Waals surface area (Å²) >= 11 is 0. The standard InChI is InChI=1S/C56H84N2/c1-49(2,3)37-25-29-45(41(33-37)53(13,14)15)57(46-30-26-38(50(4,5)6)34-42(46)54(16,17)18)58(47-31-27-39(51(7,8)9)35-43(47)55(19,20)21)48-32-28-40(52(10,11)12)36-44(48)56(22,23)24/h25-36H,1-24H3. The third-order valence-electron chi connectivity index (χ3n) is 11.8. The number of hydrogen-bond acceptors (Lipinski definition) is 2. The van der Waals surface area contributed by atoms with Crippen LogP contribution in [0.2, 0.25) is 0 Å². The Kier molecular flexibility index (Phi) is 12.3. The number of nitrogens with zero attached hydrogens (tertiary/aromatic N) is 2. The Balaban J connectivity index is 2.45. The van der Waals surface area contributed by atoms with Gasteiger partial charge in [-0.3, -0.25) is 0 Å². The molecule has 0 amide bonds. The lowest BCUT2D eigenvalue weighted by Gasteiger charge is -2.46. The van der Waals surface area contributed by atoms with Crippen molar-refractivity contribution in [2.45, 2.75) is 209 Å². The van der Waals surface area contributed by atoms with Crippen LogP contribution in [0, 0.1) is 0 Å². The van der Waals surface area contributed by atoms with Gasteiger partial charge in [-0.15, -0.1) is 0 Å². The lowest BCUT2D eigenvalue weighted by Crippen LogP contribution is -2.41. The molecule has 0 aliphatic heterocycles. The summed E-state index contributed by atoms with van der Waals surface area (Å²) in [6.07, 6.45) is 0. The van der Waals surface area contributed by atoms with Crippen molar-refractivity contribution in [3.63, 3.8) is 0 Å². The Bertz CT molecular complexity index is 1780. The SMILES string of the molecule is CC(C)(C)c1ccc(N(c2ccc(C(C)(C)C)cc2C(C)(C)C)N(c2ccc(C(C)(C)C)cc2C(C)(C)C)c2ccc(C(C)(C)C)cc2C(C)(C)C)c(C(C)(C)C)c1. The first kappa shape index (κ1) is 47.2. The number of rotatable bonds is 5. The predicted octanol–water partition coefficient (Wildman–Crippen LogP) is 17.0. The molecule has 4 aromatic rings. The van der Waals surface area contributed by atoms with Crippen molar-refractivity contribution in [1.82, 2.24) is 0 Å². The molecule has 2 nitrogen and oxygen atoms in total. The molecule has 0 aliphatic rings. The summed E-state index contributed by atoms with van der Waals surface area (Å²) in [5.74, 6) is 0. The molecule has 0 spiro atoms. The van der Waals surface area contributed by atoms with E-state index in [2.05, 4.69) is 249 Å². The normalized spacial score (nSPS) is 13.9. The molecule has 0 aliphatic carbocycles. The van der Waals surface area contributed by atoms with Gasteiger partial charge >= 0.3 is 0 Å². The summed E-state index contributed by atoms with van der Waals surface area (Å²) in [5, 5.41) is 5.26. The lowest BCUT2D eigenvalue weighted by atomic mass is 9.77. The largest absolute Gasteiger partial charge is 0.248 e. The zero-order chi connectivity index (χ0) is 44.6. The molecule has 0 N–H and O–H groups in total. The molecule has 0 atom stereocenters. The molecular formula is C56H84N2. The van der Waals surface area contributed by atoms with Gasteiger partial charge in [0.05, 0.1) is 22.7 Å². The highest BCUT2D eigenvalue weighted by Crippen LogP contribution is 2.51. The fraction of sp³-hybridized carbons (Fsp3) is 0.571. The summed E-state index contributed by atoms with van der Waals surface area (Å²) in [7, 11) is 0. The van der Waals surface area contributed by atoms with Crippen LogP contribution in [0.15, 0.2) is 72.8 Å². The maximum atomic E-state index is 2.63. The molecule has 0 unspecified atom stereocenters. The molecule has 58 heavy (non-hydrogen) atoms. The predicted molar refractivity (Wildman–Crippen MR) is 260 cm³/mol. The first-order chi connectivity index (χ1) is 25.8. The second kappa shape index (κ2) is 15.2. The van der Waals surface area contributed by atoms with Gasteiger partial charge in [-0.25, -0.2) is 10.0 Å². The van der Waals surface area contributed by atoms with Crippen molar-refractivity contribution in [2.24, 2.45) is 0 Å². The van der Waals surface area contributed by atoms with Crippen molar-refractivity contribution in [3.05, 3.63) is 117 Å². The van der Waals surface area contributed by atoms with Gasteiger partial charge in [-0.05, 0) is 112 Å². The van der Waals surface area contributed by atoms with Crippen molar-refractivity contribution in [1.29, 1.82) is 0 Å². The third kappa shape index (κ3) is 10.3. The van der Waals surface area contributed by atoms with Gasteiger partial charge in [0.2, 0.25) is 0 Å². The van der Waals surface area contributed by atoms with Crippen LogP contribution in [0.4, 0.5) is 22.7 Å². The second-order valence-electron chi connectivity index (χ2n) is 25.6. The molecule has 318 valence electrons. The van der Waals surface area contributed by atoms with Gasteiger partial charge in [0.15, 0.2) is 0 Å². The molecule has 4 aromatic carbocycles. The number of hydrogen-bond donors (Lipinski definition) is 0.